The predicted octanol–water partition coefficient (Wildman–Crippen LogP) is 2.32. The van der Waals surface area contributed by atoms with Crippen molar-refractivity contribution in [1.82, 2.24) is 10.6 Å². The van der Waals surface area contributed by atoms with Gasteiger partial charge in [-0.15, -0.1) is 24.0 Å². The molecule has 0 atom stereocenters. The van der Waals surface area contributed by atoms with E-state index in [0.29, 0.717) is 0 Å². The second-order valence-electron chi connectivity index (χ2n) is 5.73. The van der Waals surface area contributed by atoms with E-state index in [1.54, 1.807) is 0 Å². The molecular formula is C16H30IN3O2. The van der Waals surface area contributed by atoms with Gasteiger partial charge >= 0.3 is 0 Å². The minimum absolute atomic E-state index is 0. The lowest BCUT2D eigenvalue weighted by Crippen LogP contribution is -2.38. The summed E-state index contributed by atoms with van der Waals surface area (Å²) in [5, 5.41) is 6.68. The van der Waals surface area contributed by atoms with Crippen LogP contribution < -0.4 is 10.6 Å². The molecule has 0 radical (unpaired) electrons. The van der Waals surface area contributed by atoms with E-state index in [9.17, 15) is 0 Å². The summed E-state index contributed by atoms with van der Waals surface area (Å²) in [7, 11) is 1.81. The van der Waals surface area contributed by atoms with Crippen LogP contribution in [0.5, 0.6) is 0 Å². The molecule has 1 heterocycles. The average Bonchev–Trinajstić information content (AvgIpc) is 3.34. The van der Waals surface area contributed by atoms with E-state index >= 15 is 0 Å². The highest BCUT2D eigenvalue weighted by Crippen LogP contribution is 2.28. The molecule has 22 heavy (non-hydrogen) atoms. The van der Waals surface area contributed by atoms with Crippen LogP contribution in [-0.2, 0) is 9.47 Å². The van der Waals surface area contributed by atoms with Gasteiger partial charge in [-0.3, -0.25) is 4.99 Å². The summed E-state index contributed by atoms with van der Waals surface area (Å²) >= 11 is 0. The highest BCUT2D eigenvalue weighted by Gasteiger charge is 2.20. The maximum absolute atomic E-state index is 5.61. The van der Waals surface area contributed by atoms with E-state index < -0.39 is 0 Å². The summed E-state index contributed by atoms with van der Waals surface area (Å²) in [6.07, 6.45) is 8.06. The summed E-state index contributed by atoms with van der Waals surface area (Å²) in [4.78, 5) is 4.24. The Morgan fingerprint density at radius 3 is 2.86 bits per heavy atom. The Hall–Kier alpha value is -0.340. The van der Waals surface area contributed by atoms with Crippen molar-refractivity contribution >= 4 is 29.9 Å². The van der Waals surface area contributed by atoms with Crippen molar-refractivity contribution in [2.45, 2.75) is 32.1 Å². The standard InChI is InChI=1S/C16H29N3O2.HI/c1-17-16(18-8-2-10-21-13-15-3-4-15)19-9-5-14-6-11-20-12-7-14;/h6,15H,2-5,7-13H2,1H3,(H2,17,18,19);1H. The van der Waals surface area contributed by atoms with Crippen molar-refractivity contribution in [3.63, 3.8) is 0 Å². The van der Waals surface area contributed by atoms with Crippen LogP contribution in [0.4, 0.5) is 0 Å². The van der Waals surface area contributed by atoms with Gasteiger partial charge in [0.1, 0.15) is 0 Å². The maximum Gasteiger partial charge on any atom is 0.190 e. The molecule has 0 aromatic rings. The zero-order valence-electron chi connectivity index (χ0n) is 13.6. The second kappa shape index (κ2) is 12.1. The van der Waals surface area contributed by atoms with Gasteiger partial charge in [0, 0.05) is 33.4 Å². The Bertz CT molecular complexity index is 357. The third-order valence-corrected chi connectivity index (χ3v) is 3.83. The van der Waals surface area contributed by atoms with Crippen LogP contribution in [0.25, 0.3) is 0 Å². The number of halogens is 1. The molecule has 1 fully saturated rings. The number of nitrogens with one attached hydrogen (secondary N) is 2. The molecule has 2 N–H and O–H groups in total. The minimum Gasteiger partial charge on any atom is -0.381 e. The molecule has 128 valence electrons. The summed E-state index contributed by atoms with van der Waals surface area (Å²) in [5.74, 6) is 1.73. The molecule has 0 spiro atoms. The molecule has 2 aliphatic rings. The Morgan fingerprint density at radius 1 is 1.36 bits per heavy atom. The molecule has 0 amide bonds. The third kappa shape index (κ3) is 8.95. The maximum atomic E-state index is 5.61. The summed E-state index contributed by atoms with van der Waals surface area (Å²) in [6, 6.07) is 0. The van der Waals surface area contributed by atoms with E-state index in [1.165, 1.54) is 18.4 Å². The Kier molecular flexibility index (Phi) is 10.9. The van der Waals surface area contributed by atoms with E-state index in [4.69, 9.17) is 9.47 Å². The van der Waals surface area contributed by atoms with Gasteiger partial charge in [0.05, 0.1) is 13.2 Å². The van der Waals surface area contributed by atoms with E-state index in [1.807, 2.05) is 7.05 Å². The molecule has 0 saturated heterocycles. The number of rotatable bonds is 9. The zero-order valence-corrected chi connectivity index (χ0v) is 15.9. The van der Waals surface area contributed by atoms with Gasteiger partial charge in [-0.1, -0.05) is 11.6 Å². The molecular weight excluding hydrogens is 393 g/mol. The molecule has 2 rings (SSSR count). The fraction of sp³-hybridized carbons (Fsp3) is 0.812. The first kappa shape index (κ1) is 19.7. The molecule has 6 heteroatoms. The van der Waals surface area contributed by atoms with Crippen molar-refractivity contribution in [3.05, 3.63) is 11.6 Å². The molecule has 0 aromatic carbocycles. The van der Waals surface area contributed by atoms with Gasteiger partial charge in [-0.25, -0.2) is 0 Å². The smallest absolute Gasteiger partial charge is 0.190 e. The lowest BCUT2D eigenvalue weighted by Gasteiger charge is -2.15. The summed E-state index contributed by atoms with van der Waals surface area (Å²) < 4.78 is 10.9. The lowest BCUT2D eigenvalue weighted by atomic mass is 10.1. The van der Waals surface area contributed by atoms with E-state index in [2.05, 4.69) is 21.7 Å². The number of nitrogens with zero attached hydrogens (tertiary/aromatic N) is 1. The van der Waals surface area contributed by atoms with Crippen LogP contribution in [0, 0.1) is 5.92 Å². The highest BCUT2D eigenvalue weighted by atomic mass is 127. The first-order valence-electron chi connectivity index (χ1n) is 8.16. The van der Waals surface area contributed by atoms with Gasteiger partial charge in [0.2, 0.25) is 0 Å². The Labute approximate surface area is 151 Å². The van der Waals surface area contributed by atoms with E-state index in [0.717, 1.165) is 70.7 Å². The van der Waals surface area contributed by atoms with E-state index in [-0.39, 0.29) is 24.0 Å². The number of ether oxygens (including phenoxy) is 2. The SMILES string of the molecule is CN=C(NCCCOCC1CC1)NCCC1=CCOCC1.I. The molecule has 1 aliphatic heterocycles. The van der Waals surface area contributed by atoms with Gasteiger partial charge < -0.3 is 20.1 Å². The van der Waals surface area contributed by atoms with Gasteiger partial charge in [0.25, 0.3) is 0 Å². The molecule has 5 nitrogen and oxygen atoms in total. The van der Waals surface area contributed by atoms with Crippen molar-refractivity contribution in [1.29, 1.82) is 0 Å². The molecule has 1 aliphatic carbocycles. The number of hydrogen-bond acceptors (Lipinski definition) is 3. The number of aliphatic imine (C=N–C) groups is 1. The Balaban J connectivity index is 0.00000242. The molecule has 0 unspecified atom stereocenters. The average molecular weight is 423 g/mol. The fourth-order valence-corrected chi connectivity index (χ4v) is 2.27. The number of guanidine groups is 1. The minimum atomic E-state index is 0. The fourth-order valence-electron chi connectivity index (χ4n) is 2.27. The predicted molar refractivity (Wildman–Crippen MR) is 101 cm³/mol. The van der Waals surface area contributed by atoms with Gasteiger partial charge in [0.15, 0.2) is 5.96 Å². The van der Waals surface area contributed by atoms with Crippen molar-refractivity contribution in [2.24, 2.45) is 10.9 Å². The monoisotopic (exact) mass is 423 g/mol. The van der Waals surface area contributed by atoms with Crippen LogP contribution >= 0.6 is 24.0 Å². The molecule has 0 bridgehead atoms. The Morgan fingerprint density at radius 2 is 2.18 bits per heavy atom. The molecule has 0 aromatic heterocycles. The normalized spacial score (nSPS) is 18.4. The van der Waals surface area contributed by atoms with Crippen molar-refractivity contribution < 1.29 is 9.47 Å². The number of hydrogen-bond donors (Lipinski definition) is 2. The van der Waals surface area contributed by atoms with Crippen molar-refractivity contribution in [3.8, 4) is 0 Å². The highest BCUT2D eigenvalue weighted by molar-refractivity contribution is 14.0. The lowest BCUT2D eigenvalue weighted by molar-refractivity contribution is 0.123. The van der Waals surface area contributed by atoms with Crippen LogP contribution in [0.1, 0.15) is 32.1 Å². The summed E-state index contributed by atoms with van der Waals surface area (Å²) in [6.45, 7) is 5.24. The quantitative estimate of drug-likeness (QED) is 0.197. The zero-order chi connectivity index (χ0) is 14.8. The van der Waals surface area contributed by atoms with Crippen LogP contribution in [0.15, 0.2) is 16.6 Å². The topological polar surface area (TPSA) is 54.9 Å². The van der Waals surface area contributed by atoms with Gasteiger partial charge in [-0.05, 0) is 38.0 Å². The van der Waals surface area contributed by atoms with Crippen LogP contribution in [0.2, 0.25) is 0 Å². The second-order valence-corrected chi connectivity index (χ2v) is 5.73. The first-order valence-corrected chi connectivity index (χ1v) is 8.16. The first-order chi connectivity index (χ1) is 10.4. The largest absolute Gasteiger partial charge is 0.381 e. The summed E-state index contributed by atoms with van der Waals surface area (Å²) in [5.41, 5.74) is 1.48. The molecule has 1 saturated carbocycles. The van der Waals surface area contributed by atoms with Crippen LogP contribution in [0.3, 0.4) is 0 Å². The third-order valence-electron chi connectivity index (χ3n) is 3.83. The van der Waals surface area contributed by atoms with Crippen molar-refractivity contribution in [2.75, 3.05) is 46.6 Å². The van der Waals surface area contributed by atoms with Gasteiger partial charge in [-0.2, -0.15) is 0 Å². The van der Waals surface area contributed by atoms with Crippen LogP contribution in [-0.4, -0.2) is 52.5 Å².